The van der Waals surface area contributed by atoms with Gasteiger partial charge in [-0.2, -0.15) is 0 Å². The molecule has 1 aromatic carbocycles. The Labute approximate surface area is 119 Å². The van der Waals surface area contributed by atoms with Crippen molar-refractivity contribution >= 4 is 5.71 Å². The first-order valence-electron chi connectivity index (χ1n) is 6.63. The number of phenols is 1. The number of rotatable bonds is 2. The van der Waals surface area contributed by atoms with E-state index in [-0.39, 0.29) is 18.4 Å². The number of para-hydroxylation sites is 1. The molecule has 104 valence electrons. The predicted molar refractivity (Wildman–Crippen MR) is 68.2 cm³/mol. The molecule has 1 aromatic rings. The normalized spacial score (nSPS) is 31.2. The fourth-order valence-electron chi connectivity index (χ4n) is 3.43. The van der Waals surface area contributed by atoms with Crippen LogP contribution in [0.25, 0.3) is 0 Å². The van der Waals surface area contributed by atoms with Crippen LogP contribution in [0, 0.1) is 5.92 Å². The lowest BCUT2D eigenvalue weighted by Crippen LogP contribution is -3.20. The smallest absolute Gasteiger partial charge is 0.134 e. The van der Waals surface area contributed by atoms with Gasteiger partial charge in [-0.1, -0.05) is 23.4 Å². The molecule has 4 nitrogen and oxygen atoms in total. The van der Waals surface area contributed by atoms with E-state index in [1.54, 1.807) is 6.07 Å². The number of hydrogen-bond donors (Lipinski definition) is 3. The molecule has 3 fully saturated rings. The summed E-state index contributed by atoms with van der Waals surface area (Å²) in [6, 6.07) is 7.68. The van der Waals surface area contributed by atoms with Crippen molar-refractivity contribution in [3.63, 3.8) is 0 Å². The van der Waals surface area contributed by atoms with Crippen LogP contribution < -0.4 is 17.3 Å². The second kappa shape index (κ2) is 5.80. The van der Waals surface area contributed by atoms with Crippen LogP contribution >= 0.6 is 0 Å². The van der Waals surface area contributed by atoms with Crippen molar-refractivity contribution in [3.05, 3.63) is 29.8 Å². The van der Waals surface area contributed by atoms with E-state index in [1.807, 2.05) is 18.2 Å². The molecule has 1 atom stereocenters. The lowest BCUT2D eigenvalue weighted by atomic mass is 9.79. The zero-order chi connectivity index (χ0) is 12.5. The quantitative estimate of drug-likeness (QED) is 0.413. The van der Waals surface area contributed by atoms with Crippen LogP contribution in [0.2, 0.25) is 0 Å². The molecule has 0 radical (unpaired) electrons. The summed E-state index contributed by atoms with van der Waals surface area (Å²) in [6.07, 6.45) is 3.02. The monoisotopic (exact) mass is 282 g/mol. The number of nitrogens with one attached hydrogen (secondary N) is 1. The Morgan fingerprint density at radius 3 is 2.53 bits per heavy atom. The van der Waals surface area contributed by atoms with Crippen LogP contribution in [0.15, 0.2) is 29.4 Å². The molecule has 0 amide bonds. The van der Waals surface area contributed by atoms with E-state index < -0.39 is 0 Å². The number of piperidine rings is 3. The molecule has 3 saturated heterocycles. The SMILES string of the molecule is ON=C1C2CC[NH+](CC2)C1Cc1ccccc1O.[Cl-]. The number of oxime groups is 1. The summed E-state index contributed by atoms with van der Waals surface area (Å²) in [5.74, 6) is 0.792. The van der Waals surface area contributed by atoms with Gasteiger partial charge in [-0.05, 0) is 6.07 Å². The summed E-state index contributed by atoms with van der Waals surface area (Å²) in [4.78, 5) is 1.49. The Balaban J connectivity index is 0.00000133. The van der Waals surface area contributed by atoms with Crippen molar-refractivity contribution in [2.45, 2.75) is 25.3 Å². The molecule has 0 saturated carbocycles. The molecule has 3 N–H and O–H groups in total. The molecule has 1 unspecified atom stereocenters. The Morgan fingerprint density at radius 2 is 1.89 bits per heavy atom. The summed E-state index contributed by atoms with van der Waals surface area (Å²) in [7, 11) is 0. The van der Waals surface area contributed by atoms with E-state index in [1.165, 1.54) is 4.90 Å². The van der Waals surface area contributed by atoms with Crippen molar-refractivity contribution in [1.82, 2.24) is 0 Å². The third-order valence-corrected chi connectivity index (χ3v) is 4.43. The highest BCUT2D eigenvalue weighted by Gasteiger charge is 2.43. The van der Waals surface area contributed by atoms with Gasteiger partial charge in [-0.25, -0.2) is 0 Å². The van der Waals surface area contributed by atoms with Gasteiger partial charge >= 0.3 is 0 Å². The average molecular weight is 283 g/mol. The third-order valence-electron chi connectivity index (χ3n) is 4.43. The topological polar surface area (TPSA) is 57.3 Å². The summed E-state index contributed by atoms with van der Waals surface area (Å²) in [6.45, 7) is 2.31. The maximum Gasteiger partial charge on any atom is 0.134 e. The van der Waals surface area contributed by atoms with Crippen LogP contribution in [0.5, 0.6) is 5.75 Å². The number of benzene rings is 1. The van der Waals surface area contributed by atoms with E-state index in [9.17, 15) is 10.3 Å². The van der Waals surface area contributed by atoms with Crippen LogP contribution in [0.4, 0.5) is 0 Å². The van der Waals surface area contributed by atoms with Gasteiger partial charge in [0, 0.05) is 30.7 Å². The zero-order valence-corrected chi connectivity index (χ0v) is 11.5. The van der Waals surface area contributed by atoms with E-state index in [0.29, 0.717) is 11.7 Å². The Morgan fingerprint density at radius 1 is 1.21 bits per heavy atom. The highest BCUT2D eigenvalue weighted by Crippen LogP contribution is 2.24. The van der Waals surface area contributed by atoms with Gasteiger partial charge in [0.2, 0.25) is 0 Å². The van der Waals surface area contributed by atoms with Crippen LogP contribution in [-0.2, 0) is 6.42 Å². The summed E-state index contributed by atoms with van der Waals surface area (Å²) >= 11 is 0. The largest absolute Gasteiger partial charge is 1.00 e. The van der Waals surface area contributed by atoms with Gasteiger partial charge in [-0.3, -0.25) is 0 Å². The van der Waals surface area contributed by atoms with Crippen molar-refractivity contribution in [3.8, 4) is 5.75 Å². The molecule has 3 aliphatic heterocycles. The van der Waals surface area contributed by atoms with Gasteiger partial charge in [0.1, 0.15) is 17.5 Å². The fraction of sp³-hybridized carbons (Fsp3) is 0.500. The van der Waals surface area contributed by atoms with Crippen molar-refractivity contribution in [2.24, 2.45) is 11.1 Å². The predicted octanol–water partition coefficient (Wildman–Crippen LogP) is -2.55. The Bertz CT molecular complexity index is 470. The molecule has 2 bridgehead atoms. The molecule has 4 rings (SSSR count). The number of halogens is 1. The maximum atomic E-state index is 9.86. The van der Waals surface area contributed by atoms with Crippen molar-refractivity contribution < 1.29 is 27.6 Å². The average Bonchev–Trinajstić information content (AvgIpc) is 2.42. The molecule has 0 aliphatic carbocycles. The van der Waals surface area contributed by atoms with E-state index in [4.69, 9.17) is 0 Å². The lowest BCUT2D eigenvalue weighted by Gasteiger charge is -2.42. The number of aromatic hydroxyl groups is 1. The number of fused-ring (bicyclic) bond motifs is 3. The first kappa shape index (κ1) is 14.2. The summed E-state index contributed by atoms with van der Waals surface area (Å²) < 4.78 is 0. The van der Waals surface area contributed by atoms with Crippen molar-refractivity contribution in [1.29, 1.82) is 0 Å². The Hall–Kier alpha value is -1.26. The standard InChI is InChI=1S/C14H18N2O2.ClH/c17-13-4-2-1-3-11(13)9-12-14(15-18)10-5-7-16(12)8-6-10;/h1-4,10,12,17-18H,5-9H2;1H. The van der Waals surface area contributed by atoms with Crippen molar-refractivity contribution in [2.75, 3.05) is 13.1 Å². The lowest BCUT2D eigenvalue weighted by molar-refractivity contribution is -0.926. The molecule has 0 spiro atoms. The molecule has 3 aliphatic rings. The molecular formula is C14H19ClN2O2. The maximum absolute atomic E-state index is 9.86. The van der Waals surface area contributed by atoms with Gasteiger partial charge in [0.05, 0.1) is 13.1 Å². The second-order valence-electron chi connectivity index (χ2n) is 5.34. The fourth-order valence-corrected chi connectivity index (χ4v) is 3.43. The number of nitrogens with zero attached hydrogens (tertiary/aromatic N) is 1. The Kier molecular flexibility index (Phi) is 4.32. The van der Waals surface area contributed by atoms with E-state index >= 15 is 0 Å². The molecule has 0 aromatic heterocycles. The summed E-state index contributed by atoms with van der Waals surface area (Å²) in [5.41, 5.74) is 1.88. The molecular weight excluding hydrogens is 264 g/mol. The first-order chi connectivity index (χ1) is 8.79. The minimum absolute atomic E-state index is 0. The van der Waals surface area contributed by atoms with Crippen LogP contribution in [0.1, 0.15) is 18.4 Å². The van der Waals surface area contributed by atoms with Gasteiger partial charge < -0.3 is 27.6 Å². The van der Waals surface area contributed by atoms with E-state index in [2.05, 4.69) is 5.16 Å². The zero-order valence-electron chi connectivity index (χ0n) is 10.7. The highest BCUT2D eigenvalue weighted by atomic mass is 35.5. The van der Waals surface area contributed by atoms with Gasteiger partial charge in [-0.15, -0.1) is 0 Å². The minimum Gasteiger partial charge on any atom is -1.00 e. The first-order valence-corrected chi connectivity index (χ1v) is 6.63. The van der Waals surface area contributed by atoms with E-state index in [0.717, 1.165) is 43.6 Å². The highest BCUT2D eigenvalue weighted by molar-refractivity contribution is 5.91. The molecule has 3 heterocycles. The molecule has 5 heteroatoms. The summed E-state index contributed by atoms with van der Waals surface area (Å²) in [5, 5.41) is 22.7. The van der Waals surface area contributed by atoms with Crippen LogP contribution in [-0.4, -0.2) is 35.2 Å². The van der Waals surface area contributed by atoms with Gasteiger partial charge in [0.25, 0.3) is 0 Å². The minimum atomic E-state index is 0. The van der Waals surface area contributed by atoms with Gasteiger partial charge in [0.15, 0.2) is 0 Å². The number of phenolic OH excluding ortho intramolecular Hbond substituents is 1. The number of quaternary nitrogens is 1. The second-order valence-corrected chi connectivity index (χ2v) is 5.34. The molecule has 19 heavy (non-hydrogen) atoms. The van der Waals surface area contributed by atoms with Crippen LogP contribution in [0.3, 0.4) is 0 Å². The third kappa shape index (κ3) is 2.55. The number of hydrogen-bond acceptors (Lipinski definition) is 3.